The minimum Gasteiger partial charge on any atom is -0.497 e. The minimum atomic E-state index is -1.91. The van der Waals surface area contributed by atoms with Crippen LogP contribution in [0.5, 0.6) is 11.5 Å². The van der Waals surface area contributed by atoms with Gasteiger partial charge < -0.3 is 113 Å². The summed E-state index contributed by atoms with van der Waals surface area (Å²) in [5.74, 6) is 0.798. The zero-order chi connectivity index (χ0) is 43.0. The van der Waals surface area contributed by atoms with Gasteiger partial charge in [-0.15, -0.1) is 0 Å². The minimum absolute atomic E-state index is 0.266. The monoisotopic (exact) mass is 856 g/mol. The molecule has 338 valence electrons. The van der Waals surface area contributed by atoms with E-state index in [0.29, 0.717) is 5.75 Å². The molecular weight excluding hydrogens is 800 g/mol. The Kier molecular flexibility index (Phi) is 15.4. The lowest BCUT2D eigenvalue weighted by atomic mass is 9.97. The van der Waals surface area contributed by atoms with Crippen LogP contribution in [0, 0.1) is 0 Å². The number of aliphatic hydroxyl groups is 12. The van der Waals surface area contributed by atoms with E-state index in [1.807, 2.05) is 0 Å². The van der Waals surface area contributed by atoms with Crippen molar-refractivity contribution in [3.05, 3.63) is 24.3 Å². The lowest BCUT2D eigenvalue weighted by molar-refractivity contribution is -0.396. The second-order valence-corrected chi connectivity index (χ2v) is 15.2. The highest BCUT2D eigenvalue weighted by Gasteiger charge is 2.55. The molecule has 0 radical (unpaired) electrons. The highest BCUT2D eigenvalue weighted by molar-refractivity contribution is 5.31. The van der Waals surface area contributed by atoms with Crippen molar-refractivity contribution in [2.75, 3.05) is 20.3 Å². The van der Waals surface area contributed by atoms with E-state index >= 15 is 0 Å². The highest BCUT2D eigenvalue weighted by atomic mass is 16.8. The average molecular weight is 857 g/mol. The van der Waals surface area contributed by atoms with Crippen LogP contribution < -0.4 is 9.47 Å². The van der Waals surface area contributed by atoms with Gasteiger partial charge in [-0.1, -0.05) is 0 Å². The normalized spacial score (nSPS) is 49.6. The molecule has 0 aromatic heterocycles. The highest BCUT2D eigenvalue weighted by Crippen LogP contribution is 2.36. The van der Waals surface area contributed by atoms with Crippen LogP contribution in [0.2, 0.25) is 0 Å². The summed E-state index contributed by atoms with van der Waals surface area (Å²) in [6.07, 6.45) is -38.8. The van der Waals surface area contributed by atoms with Gasteiger partial charge in [-0.3, -0.25) is 0 Å². The Hall–Kier alpha value is -2.02. The molecule has 0 spiro atoms. The molecule has 5 heterocycles. The number of benzene rings is 1. The third-order valence-electron chi connectivity index (χ3n) is 11.1. The summed E-state index contributed by atoms with van der Waals surface area (Å²) in [5, 5.41) is 129. The zero-order valence-corrected chi connectivity index (χ0v) is 32.4. The molecule has 24 atom stereocenters. The molecule has 5 fully saturated rings. The SMILES string of the molecule is COc1ccc(O[C@@H]2O[C@H](C)[C@@H](O)[C@H](O[C@@H]3OC[C@@H](O[C@@H]4O[C@H](CO)[C@H](O)[C@H](O)[C@H]4O[C@@H]4O[C@H](C)[C@H](O)[C@H](O)[C@H]4O)[C@H](O)[C@H]3O[C@@H]3O[C@H](C)[C@@H](O)[C@H](O)[C@H]3O)[C@H]2O)cc1. The van der Waals surface area contributed by atoms with Gasteiger partial charge in [-0.05, 0) is 45.0 Å². The van der Waals surface area contributed by atoms with Crippen molar-refractivity contribution in [1.82, 2.24) is 0 Å². The standard InChI is InChI=1S/C36H56O23/c1-11-18(38)23(43)26(46)32(51-11)58-30-22(42)17(56-36-31(25(45)21(41)16(9-37)55-36)59-33-27(47)24(44)19(39)12(2)52-33)10-50-35(30)57-29-20(40)13(3)53-34(28(29)48)54-15-7-5-14(49-4)6-8-15/h5-8,11-13,16-48H,9-10H2,1-4H3/t11-,12-,13-,16-,17-,18-,19+,20-,21+,22+,23+,24+,25+,26-,27-,28-,29+,30-,31-,32+,33+,34+,35+,36+/m1/s1. The topological polar surface area (TPSA) is 344 Å². The Morgan fingerprint density at radius 3 is 1.51 bits per heavy atom. The molecule has 59 heavy (non-hydrogen) atoms. The smallest absolute Gasteiger partial charge is 0.229 e. The fourth-order valence-electron chi connectivity index (χ4n) is 7.38. The summed E-state index contributed by atoms with van der Waals surface area (Å²) in [6.45, 7) is 2.83. The van der Waals surface area contributed by atoms with Gasteiger partial charge in [0.2, 0.25) is 6.29 Å². The van der Waals surface area contributed by atoms with Gasteiger partial charge in [0.15, 0.2) is 25.2 Å². The van der Waals surface area contributed by atoms with Crippen molar-refractivity contribution in [2.24, 2.45) is 0 Å². The Labute approximate surface area is 337 Å². The maximum Gasteiger partial charge on any atom is 0.229 e. The van der Waals surface area contributed by atoms with Gasteiger partial charge in [-0.2, -0.15) is 0 Å². The first-order valence-corrected chi connectivity index (χ1v) is 19.2. The molecule has 5 saturated heterocycles. The van der Waals surface area contributed by atoms with E-state index in [9.17, 15) is 61.3 Å². The number of hydrogen-bond donors (Lipinski definition) is 12. The fourth-order valence-corrected chi connectivity index (χ4v) is 7.38. The predicted octanol–water partition coefficient (Wildman–Crippen LogP) is -6.11. The fraction of sp³-hybridized carbons (Fsp3) is 0.833. The lowest BCUT2D eigenvalue weighted by Crippen LogP contribution is -2.67. The van der Waals surface area contributed by atoms with E-state index in [2.05, 4.69) is 0 Å². The number of aliphatic hydroxyl groups excluding tert-OH is 12. The van der Waals surface area contributed by atoms with E-state index in [0.717, 1.165) is 0 Å². The molecule has 0 unspecified atom stereocenters. The van der Waals surface area contributed by atoms with Crippen LogP contribution in [0.4, 0.5) is 0 Å². The molecule has 0 aliphatic carbocycles. The number of rotatable bonds is 12. The van der Waals surface area contributed by atoms with Crippen LogP contribution in [-0.4, -0.2) is 229 Å². The van der Waals surface area contributed by atoms with Crippen molar-refractivity contribution in [3.63, 3.8) is 0 Å². The molecule has 5 aliphatic rings. The van der Waals surface area contributed by atoms with Crippen LogP contribution in [0.25, 0.3) is 0 Å². The lowest BCUT2D eigenvalue weighted by Gasteiger charge is -2.49. The summed E-state index contributed by atoms with van der Waals surface area (Å²) >= 11 is 0. The Morgan fingerprint density at radius 2 is 0.966 bits per heavy atom. The number of ether oxygens (including phenoxy) is 11. The third kappa shape index (κ3) is 9.81. The second-order valence-electron chi connectivity index (χ2n) is 15.2. The average Bonchev–Trinajstić information content (AvgIpc) is 3.22. The molecule has 5 aliphatic heterocycles. The maximum atomic E-state index is 11.9. The number of hydrogen-bond acceptors (Lipinski definition) is 23. The predicted molar refractivity (Wildman–Crippen MR) is 188 cm³/mol. The Bertz CT molecular complexity index is 1460. The van der Waals surface area contributed by atoms with Crippen molar-refractivity contribution >= 4 is 0 Å². The van der Waals surface area contributed by atoms with E-state index in [-0.39, 0.29) is 5.75 Å². The van der Waals surface area contributed by atoms with Crippen LogP contribution in [0.3, 0.4) is 0 Å². The first-order valence-electron chi connectivity index (χ1n) is 19.2. The van der Waals surface area contributed by atoms with Gasteiger partial charge >= 0.3 is 0 Å². The van der Waals surface area contributed by atoms with Gasteiger partial charge in [0, 0.05) is 0 Å². The zero-order valence-electron chi connectivity index (χ0n) is 32.4. The van der Waals surface area contributed by atoms with Gasteiger partial charge in [-0.25, -0.2) is 0 Å². The first kappa shape index (κ1) is 46.5. The molecule has 12 N–H and O–H groups in total. The van der Waals surface area contributed by atoms with Crippen LogP contribution in [-0.2, 0) is 42.6 Å². The Balaban J connectivity index is 1.24. The molecule has 0 bridgehead atoms. The van der Waals surface area contributed by atoms with E-state index in [1.165, 1.54) is 27.9 Å². The molecule has 0 saturated carbocycles. The largest absolute Gasteiger partial charge is 0.497 e. The van der Waals surface area contributed by atoms with Gasteiger partial charge in [0.1, 0.15) is 109 Å². The summed E-state index contributed by atoms with van der Waals surface area (Å²) in [6, 6.07) is 6.32. The van der Waals surface area contributed by atoms with Crippen molar-refractivity contribution in [2.45, 2.75) is 168 Å². The summed E-state index contributed by atoms with van der Waals surface area (Å²) < 4.78 is 63.3. The molecule has 1 aromatic rings. The van der Waals surface area contributed by atoms with Crippen LogP contribution in [0.1, 0.15) is 20.8 Å². The van der Waals surface area contributed by atoms with Crippen molar-refractivity contribution < 1.29 is 113 Å². The summed E-state index contributed by atoms with van der Waals surface area (Å²) in [4.78, 5) is 0. The van der Waals surface area contributed by atoms with E-state index in [4.69, 9.17) is 52.1 Å². The summed E-state index contributed by atoms with van der Waals surface area (Å²) in [7, 11) is 1.48. The molecular formula is C36H56O23. The quantitative estimate of drug-likeness (QED) is 0.0931. The molecule has 23 nitrogen and oxygen atoms in total. The Morgan fingerprint density at radius 1 is 0.475 bits per heavy atom. The van der Waals surface area contributed by atoms with E-state index in [1.54, 1.807) is 24.3 Å². The third-order valence-corrected chi connectivity index (χ3v) is 11.1. The summed E-state index contributed by atoms with van der Waals surface area (Å²) in [5.41, 5.74) is 0. The molecule has 23 heteroatoms. The van der Waals surface area contributed by atoms with Crippen LogP contribution in [0.15, 0.2) is 24.3 Å². The van der Waals surface area contributed by atoms with Gasteiger partial charge in [0.25, 0.3) is 0 Å². The molecule has 0 amide bonds. The van der Waals surface area contributed by atoms with E-state index < -0.39 is 161 Å². The van der Waals surface area contributed by atoms with Crippen molar-refractivity contribution in [1.29, 1.82) is 0 Å². The van der Waals surface area contributed by atoms with Crippen molar-refractivity contribution in [3.8, 4) is 11.5 Å². The first-order chi connectivity index (χ1) is 27.9. The number of methoxy groups -OCH3 is 1. The van der Waals surface area contributed by atoms with Gasteiger partial charge in [0.05, 0.1) is 38.6 Å². The second kappa shape index (κ2) is 19.6. The molecule has 6 rings (SSSR count). The maximum absolute atomic E-state index is 11.9. The molecule has 1 aromatic carbocycles. The van der Waals surface area contributed by atoms with Crippen LogP contribution >= 0.6 is 0 Å².